The first kappa shape index (κ1) is 20.5. The van der Waals surface area contributed by atoms with Gasteiger partial charge in [0, 0.05) is 12.5 Å². The standard InChI is InChI=1S/C24H27NO2/c1-2-3-6-16-22(17-11-18-25)27-24(26)19-23(20-12-7-4-8-13-20)21-14-9-5-10-15-21/h4-5,7-10,12-15,19,22H,2-3,6,11,16-17H2,1H3. The average molecular weight is 361 g/mol. The number of hydrogen-bond donors (Lipinski definition) is 0. The zero-order chi connectivity index (χ0) is 19.3. The molecule has 0 saturated carbocycles. The van der Waals surface area contributed by atoms with Gasteiger partial charge < -0.3 is 4.74 Å². The number of unbranched alkanes of at least 4 members (excludes halogenated alkanes) is 2. The summed E-state index contributed by atoms with van der Waals surface area (Å²) in [6, 6.07) is 21.8. The second-order valence-corrected chi connectivity index (χ2v) is 6.54. The minimum atomic E-state index is -0.350. The van der Waals surface area contributed by atoms with Crippen LogP contribution in [0.5, 0.6) is 0 Å². The molecule has 0 radical (unpaired) electrons. The van der Waals surface area contributed by atoms with Gasteiger partial charge in [0.15, 0.2) is 0 Å². The normalized spacial score (nSPS) is 11.3. The Bertz CT molecular complexity index is 718. The Balaban J connectivity index is 2.18. The molecule has 2 aromatic carbocycles. The van der Waals surface area contributed by atoms with Crippen molar-refractivity contribution in [3.05, 3.63) is 77.9 Å². The van der Waals surface area contributed by atoms with Crippen molar-refractivity contribution in [1.82, 2.24) is 0 Å². The molecule has 0 aliphatic rings. The molecule has 0 aliphatic heterocycles. The average Bonchev–Trinajstić information content (AvgIpc) is 2.71. The van der Waals surface area contributed by atoms with E-state index in [1.165, 1.54) is 0 Å². The second-order valence-electron chi connectivity index (χ2n) is 6.54. The molecule has 0 amide bonds. The van der Waals surface area contributed by atoms with Crippen LogP contribution >= 0.6 is 0 Å². The van der Waals surface area contributed by atoms with Gasteiger partial charge in [-0.25, -0.2) is 4.79 Å². The van der Waals surface area contributed by atoms with Gasteiger partial charge in [0.1, 0.15) is 6.10 Å². The van der Waals surface area contributed by atoms with Gasteiger partial charge in [0.05, 0.1) is 6.07 Å². The number of carbonyl (C=O) groups excluding carboxylic acids is 1. The zero-order valence-electron chi connectivity index (χ0n) is 15.9. The van der Waals surface area contributed by atoms with Gasteiger partial charge in [0.25, 0.3) is 0 Å². The fraction of sp³-hybridized carbons (Fsp3) is 0.333. The van der Waals surface area contributed by atoms with E-state index >= 15 is 0 Å². The highest BCUT2D eigenvalue weighted by Crippen LogP contribution is 2.23. The van der Waals surface area contributed by atoms with E-state index in [4.69, 9.17) is 10.00 Å². The molecule has 3 nitrogen and oxygen atoms in total. The van der Waals surface area contributed by atoms with Crippen LogP contribution in [-0.4, -0.2) is 12.1 Å². The van der Waals surface area contributed by atoms with Crippen LogP contribution in [0.25, 0.3) is 5.57 Å². The molecular formula is C24H27NO2. The maximum atomic E-state index is 12.6. The summed E-state index contributed by atoms with van der Waals surface area (Å²) in [5.74, 6) is -0.350. The third kappa shape index (κ3) is 7.11. The number of benzene rings is 2. The van der Waals surface area contributed by atoms with Crippen molar-refractivity contribution < 1.29 is 9.53 Å². The summed E-state index contributed by atoms with van der Waals surface area (Å²) in [5, 5.41) is 8.86. The van der Waals surface area contributed by atoms with Crippen molar-refractivity contribution in [1.29, 1.82) is 5.26 Å². The lowest BCUT2D eigenvalue weighted by atomic mass is 9.97. The Morgan fingerprint density at radius 1 is 1.00 bits per heavy atom. The molecule has 0 saturated heterocycles. The zero-order valence-corrected chi connectivity index (χ0v) is 15.9. The number of rotatable bonds is 10. The Morgan fingerprint density at radius 3 is 2.11 bits per heavy atom. The molecule has 0 N–H and O–H groups in total. The molecule has 0 fully saturated rings. The summed E-state index contributed by atoms with van der Waals surface area (Å²) < 4.78 is 5.71. The third-order valence-electron chi connectivity index (χ3n) is 4.42. The molecule has 2 rings (SSSR count). The summed E-state index contributed by atoms with van der Waals surface area (Å²) >= 11 is 0. The molecule has 27 heavy (non-hydrogen) atoms. The van der Waals surface area contributed by atoms with E-state index in [-0.39, 0.29) is 12.1 Å². The minimum Gasteiger partial charge on any atom is -0.459 e. The highest BCUT2D eigenvalue weighted by atomic mass is 16.5. The van der Waals surface area contributed by atoms with Crippen molar-refractivity contribution in [3.8, 4) is 6.07 Å². The SMILES string of the molecule is CCCCCC(CCC#N)OC(=O)C=C(c1ccccc1)c1ccccc1. The molecule has 2 aromatic rings. The molecule has 0 aliphatic carbocycles. The van der Waals surface area contributed by atoms with E-state index in [1.54, 1.807) is 6.08 Å². The van der Waals surface area contributed by atoms with E-state index in [0.29, 0.717) is 12.8 Å². The predicted molar refractivity (Wildman–Crippen MR) is 109 cm³/mol. The summed E-state index contributed by atoms with van der Waals surface area (Å²) in [7, 11) is 0. The molecule has 0 aromatic heterocycles. The summed E-state index contributed by atoms with van der Waals surface area (Å²) in [6.07, 6.45) is 6.40. The number of nitriles is 1. The lowest BCUT2D eigenvalue weighted by Crippen LogP contribution is -2.17. The van der Waals surface area contributed by atoms with Crippen LogP contribution < -0.4 is 0 Å². The Kier molecular flexibility index (Phi) is 8.86. The molecular weight excluding hydrogens is 334 g/mol. The monoisotopic (exact) mass is 361 g/mol. The van der Waals surface area contributed by atoms with Gasteiger partial charge in [-0.15, -0.1) is 0 Å². The van der Waals surface area contributed by atoms with E-state index in [1.807, 2.05) is 60.7 Å². The van der Waals surface area contributed by atoms with Crippen molar-refractivity contribution in [3.63, 3.8) is 0 Å². The van der Waals surface area contributed by atoms with E-state index in [9.17, 15) is 4.79 Å². The molecule has 0 spiro atoms. The van der Waals surface area contributed by atoms with Crippen molar-refractivity contribution >= 4 is 11.5 Å². The maximum Gasteiger partial charge on any atom is 0.331 e. The number of nitrogens with zero attached hydrogens (tertiary/aromatic N) is 1. The lowest BCUT2D eigenvalue weighted by molar-refractivity contribution is -0.143. The van der Waals surface area contributed by atoms with Crippen LogP contribution in [0.4, 0.5) is 0 Å². The van der Waals surface area contributed by atoms with Crippen LogP contribution in [0.1, 0.15) is 56.6 Å². The Morgan fingerprint density at radius 2 is 1.59 bits per heavy atom. The Labute approximate surface area is 162 Å². The summed E-state index contributed by atoms with van der Waals surface area (Å²) in [5.41, 5.74) is 2.79. The summed E-state index contributed by atoms with van der Waals surface area (Å²) in [6.45, 7) is 2.14. The second kappa shape index (κ2) is 11.7. The largest absolute Gasteiger partial charge is 0.459 e. The lowest BCUT2D eigenvalue weighted by Gasteiger charge is -2.16. The van der Waals surface area contributed by atoms with E-state index in [0.717, 1.165) is 42.4 Å². The van der Waals surface area contributed by atoms with Gasteiger partial charge in [-0.2, -0.15) is 5.26 Å². The van der Waals surface area contributed by atoms with Crippen LogP contribution in [-0.2, 0) is 9.53 Å². The molecule has 0 heterocycles. The van der Waals surface area contributed by atoms with Crippen LogP contribution in [0.15, 0.2) is 66.7 Å². The van der Waals surface area contributed by atoms with Gasteiger partial charge >= 0.3 is 5.97 Å². The van der Waals surface area contributed by atoms with Crippen LogP contribution in [0.3, 0.4) is 0 Å². The van der Waals surface area contributed by atoms with E-state index < -0.39 is 0 Å². The van der Waals surface area contributed by atoms with Crippen molar-refractivity contribution in [2.75, 3.05) is 0 Å². The highest BCUT2D eigenvalue weighted by Gasteiger charge is 2.15. The van der Waals surface area contributed by atoms with Gasteiger partial charge in [-0.05, 0) is 36.0 Å². The van der Waals surface area contributed by atoms with Crippen molar-refractivity contribution in [2.24, 2.45) is 0 Å². The third-order valence-corrected chi connectivity index (χ3v) is 4.42. The van der Waals surface area contributed by atoms with Crippen LogP contribution in [0.2, 0.25) is 0 Å². The van der Waals surface area contributed by atoms with Crippen molar-refractivity contribution in [2.45, 2.75) is 51.6 Å². The smallest absolute Gasteiger partial charge is 0.331 e. The first-order chi connectivity index (χ1) is 13.2. The first-order valence-electron chi connectivity index (χ1n) is 9.64. The number of esters is 1. The molecule has 0 bridgehead atoms. The van der Waals surface area contributed by atoms with E-state index in [2.05, 4.69) is 13.0 Å². The first-order valence-corrected chi connectivity index (χ1v) is 9.64. The molecule has 1 unspecified atom stereocenters. The number of carbonyl (C=O) groups is 1. The highest BCUT2D eigenvalue weighted by molar-refractivity contribution is 5.96. The van der Waals surface area contributed by atoms with Gasteiger partial charge in [0.2, 0.25) is 0 Å². The number of ether oxygens (including phenoxy) is 1. The fourth-order valence-corrected chi connectivity index (χ4v) is 2.99. The molecule has 140 valence electrons. The topological polar surface area (TPSA) is 50.1 Å². The molecule has 3 heteroatoms. The van der Waals surface area contributed by atoms with Gasteiger partial charge in [-0.3, -0.25) is 0 Å². The fourth-order valence-electron chi connectivity index (χ4n) is 2.99. The van der Waals surface area contributed by atoms with Crippen LogP contribution in [0, 0.1) is 11.3 Å². The maximum absolute atomic E-state index is 12.6. The number of hydrogen-bond acceptors (Lipinski definition) is 3. The quantitative estimate of drug-likeness (QED) is 0.300. The summed E-state index contributed by atoms with van der Waals surface area (Å²) in [4.78, 5) is 12.6. The predicted octanol–water partition coefficient (Wildman–Crippen LogP) is 5.91. The van der Waals surface area contributed by atoms with Gasteiger partial charge in [-0.1, -0.05) is 80.4 Å². The molecule has 1 atom stereocenters. The minimum absolute atomic E-state index is 0.201. The Hall–Kier alpha value is -2.86.